The summed E-state index contributed by atoms with van der Waals surface area (Å²) in [5, 5.41) is 0. The first-order valence-electron chi connectivity index (χ1n) is 4.32. The van der Waals surface area contributed by atoms with E-state index >= 15 is 0 Å². The highest BCUT2D eigenvalue weighted by Gasteiger charge is 2.28. The SMILES string of the molecule is C#CCc1cc(S)cc([B-](F)(F)F)c1C. The van der Waals surface area contributed by atoms with Crippen LogP contribution in [0.5, 0.6) is 0 Å². The van der Waals surface area contributed by atoms with E-state index in [1.165, 1.54) is 6.92 Å². The quantitative estimate of drug-likeness (QED) is 0.449. The summed E-state index contributed by atoms with van der Waals surface area (Å²) < 4.78 is 37.9. The lowest BCUT2D eigenvalue weighted by atomic mass is 9.75. The van der Waals surface area contributed by atoms with Gasteiger partial charge in [0.25, 0.3) is 0 Å². The van der Waals surface area contributed by atoms with Crippen LogP contribution in [0.15, 0.2) is 17.0 Å². The molecular formula is C10H9BF3S-. The smallest absolute Gasteiger partial charge is 0.445 e. The minimum atomic E-state index is -5.00. The van der Waals surface area contributed by atoms with Crippen LogP contribution in [0.25, 0.3) is 0 Å². The molecule has 0 nitrogen and oxygen atoms in total. The van der Waals surface area contributed by atoms with Crippen molar-refractivity contribution in [3.05, 3.63) is 23.3 Å². The van der Waals surface area contributed by atoms with E-state index in [1.807, 2.05) is 0 Å². The van der Waals surface area contributed by atoms with Gasteiger partial charge in [-0.15, -0.1) is 30.4 Å². The number of terminal acetylenes is 1. The average molecular weight is 229 g/mol. The summed E-state index contributed by atoms with van der Waals surface area (Å²) in [4.78, 5) is 0.292. The molecule has 0 amide bonds. The summed E-state index contributed by atoms with van der Waals surface area (Å²) in [6.07, 6.45) is 5.28. The molecule has 5 heteroatoms. The van der Waals surface area contributed by atoms with Gasteiger partial charge >= 0.3 is 6.98 Å². The Hall–Kier alpha value is -1.02. The minimum Gasteiger partial charge on any atom is -0.445 e. The maximum Gasteiger partial charge on any atom is 0.509 e. The van der Waals surface area contributed by atoms with E-state index in [2.05, 4.69) is 18.5 Å². The largest absolute Gasteiger partial charge is 0.509 e. The molecular weight excluding hydrogens is 220 g/mol. The topological polar surface area (TPSA) is 0 Å². The van der Waals surface area contributed by atoms with Crippen LogP contribution in [0.4, 0.5) is 12.9 Å². The standard InChI is InChI=1S/C10H9BF3S/c1-3-4-8-5-9(15)6-10(7(8)2)11(12,13)14/h1,5-6,15H,4H2,2H3/q-1. The van der Waals surface area contributed by atoms with Gasteiger partial charge in [0, 0.05) is 11.3 Å². The predicted molar refractivity (Wildman–Crippen MR) is 59.7 cm³/mol. The molecule has 1 rings (SSSR count). The Morgan fingerprint density at radius 3 is 2.47 bits per heavy atom. The normalized spacial score (nSPS) is 11.2. The zero-order valence-corrected chi connectivity index (χ0v) is 8.99. The predicted octanol–water partition coefficient (Wildman–Crippen LogP) is 2.51. The fraction of sp³-hybridized carbons (Fsp3) is 0.200. The lowest BCUT2D eigenvalue weighted by Crippen LogP contribution is -2.36. The molecule has 0 heterocycles. The number of benzene rings is 1. The summed E-state index contributed by atoms with van der Waals surface area (Å²) in [6, 6.07) is 2.61. The van der Waals surface area contributed by atoms with Crippen LogP contribution in [-0.2, 0) is 6.42 Å². The molecule has 0 unspecified atom stereocenters. The average Bonchev–Trinajstić information content (AvgIpc) is 2.09. The minimum absolute atomic E-state index is 0.194. The number of rotatable bonds is 2. The second-order valence-electron chi connectivity index (χ2n) is 3.27. The van der Waals surface area contributed by atoms with Gasteiger partial charge in [-0.05, 0) is 18.6 Å². The van der Waals surface area contributed by atoms with Crippen LogP contribution in [0.1, 0.15) is 11.1 Å². The lowest BCUT2D eigenvalue weighted by Gasteiger charge is -2.20. The fourth-order valence-corrected chi connectivity index (χ4v) is 1.71. The molecule has 0 aliphatic rings. The van der Waals surface area contributed by atoms with Gasteiger partial charge in [-0.2, -0.15) is 0 Å². The summed E-state index contributed by atoms with van der Waals surface area (Å²) in [7, 11) is 0. The monoisotopic (exact) mass is 229 g/mol. The van der Waals surface area contributed by atoms with E-state index in [1.54, 1.807) is 6.07 Å². The van der Waals surface area contributed by atoms with Crippen LogP contribution in [0, 0.1) is 19.3 Å². The van der Waals surface area contributed by atoms with Crippen LogP contribution in [0.2, 0.25) is 0 Å². The molecule has 0 spiro atoms. The highest BCUT2D eigenvalue weighted by Crippen LogP contribution is 2.19. The summed E-state index contributed by atoms with van der Waals surface area (Å²) >= 11 is 3.94. The van der Waals surface area contributed by atoms with E-state index in [-0.39, 0.29) is 12.0 Å². The van der Waals surface area contributed by atoms with E-state index in [0.717, 1.165) is 6.07 Å². The second-order valence-corrected chi connectivity index (χ2v) is 3.79. The molecule has 1 aromatic rings. The lowest BCUT2D eigenvalue weighted by molar-refractivity contribution is 0.500. The first-order chi connectivity index (χ1) is 6.86. The van der Waals surface area contributed by atoms with Gasteiger partial charge in [-0.3, -0.25) is 0 Å². The maximum absolute atomic E-state index is 12.6. The summed E-state index contributed by atoms with van der Waals surface area (Å²) in [5.41, 5.74) is 0.116. The van der Waals surface area contributed by atoms with Gasteiger partial charge < -0.3 is 12.9 Å². The molecule has 0 aliphatic carbocycles. The van der Waals surface area contributed by atoms with Crippen LogP contribution < -0.4 is 5.46 Å². The van der Waals surface area contributed by atoms with Crippen LogP contribution in [-0.4, -0.2) is 6.98 Å². The highest BCUT2D eigenvalue weighted by molar-refractivity contribution is 7.80. The molecule has 0 atom stereocenters. The van der Waals surface area contributed by atoms with Crippen molar-refractivity contribution in [2.45, 2.75) is 18.2 Å². The number of thiol groups is 1. The highest BCUT2D eigenvalue weighted by atomic mass is 32.1. The Morgan fingerprint density at radius 1 is 1.40 bits per heavy atom. The molecule has 0 saturated carbocycles. The van der Waals surface area contributed by atoms with Gasteiger partial charge in [0.2, 0.25) is 0 Å². The van der Waals surface area contributed by atoms with Crippen molar-refractivity contribution in [2.24, 2.45) is 0 Å². The molecule has 0 fully saturated rings. The van der Waals surface area contributed by atoms with Crippen molar-refractivity contribution in [1.29, 1.82) is 0 Å². The summed E-state index contributed by atoms with van der Waals surface area (Å²) in [5.74, 6) is 2.34. The Labute approximate surface area is 92.3 Å². The third kappa shape index (κ3) is 2.72. The third-order valence-corrected chi connectivity index (χ3v) is 2.44. The van der Waals surface area contributed by atoms with Crippen molar-refractivity contribution >= 4 is 25.1 Å². The van der Waals surface area contributed by atoms with Crippen molar-refractivity contribution in [3.8, 4) is 12.3 Å². The second kappa shape index (κ2) is 4.24. The molecule has 0 N–H and O–H groups in total. The Kier molecular flexibility index (Phi) is 3.40. The van der Waals surface area contributed by atoms with Gasteiger partial charge in [0.15, 0.2) is 0 Å². The van der Waals surface area contributed by atoms with Crippen molar-refractivity contribution in [2.75, 3.05) is 0 Å². The number of hydrogen-bond donors (Lipinski definition) is 1. The molecule has 15 heavy (non-hydrogen) atoms. The van der Waals surface area contributed by atoms with Crippen LogP contribution in [0.3, 0.4) is 0 Å². The van der Waals surface area contributed by atoms with Gasteiger partial charge in [-0.1, -0.05) is 11.6 Å². The van der Waals surface area contributed by atoms with Gasteiger partial charge in [-0.25, -0.2) is 0 Å². The van der Waals surface area contributed by atoms with Crippen molar-refractivity contribution in [1.82, 2.24) is 0 Å². The Bertz CT molecular complexity index is 418. The number of halogens is 3. The summed E-state index contributed by atoms with van der Waals surface area (Å²) in [6.45, 7) is -3.56. The zero-order valence-electron chi connectivity index (χ0n) is 8.10. The van der Waals surface area contributed by atoms with Gasteiger partial charge in [0.1, 0.15) is 0 Å². The van der Waals surface area contributed by atoms with Crippen molar-refractivity contribution < 1.29 is 12.9 Å². The number of hydrogen-bond acceptors (Lipinski definition) is 1. The van der Waals surface area contributed by atoms with Crippen LogP contribution >= 0.6 is 12.6 Å². The van der Waals surface area contributed by atoms with E-state index < -0.39 is 12.4 Å². The molecule has 0 radical (unpaired) electrons. The van der Waals surface area contributed by atoms with E-state index in [4.69, 9.17) is 6.42 Å². The Balaban J connectivity index is 3.36. The maximum atomic E-state index is 12.6. The third-order valence-electron chi connectivity index (χ3n) is 2.19. The molecule has 0 aliphatic heterocycles. The van der Waals surface area contributed by atoms with Gasteiger partial charge in [0.05, 0.1) is 0 Å². The Morgan fingerprint density at radius 2 is 2.00 bits per heavy atom. The first kappa shape index (κ1) is 12.1. The zero-order chi connectivity index (χ0) is 11.6. The molecule has 0 aromatic heterocycles. The molecule has 1 aromatic carbocycles. The molecule has 80 valence electrons. The first-order valence-corrected chi connectivity index (χ1v) is 4.76. The van der Waals surface area contributed by atoms with E-state index in [0.29, 0.717) is 10.5 Å². The molecule has 0 bridgehead atoms. The van der Waals surface area contributed by atoms with E-state index in [9.17, 15) is 12.9 Å². The molecule has 0 saturated heterocycles. The van der Waals surface area contributed by atoms with Crippen molar-refractivity contribution in [3.63, 3.8) is 0 Å². The fourth-order valence-electron chi connectivity index (χ4n) is 1.41.